The first-order valence-corrected chi connectivity index (χ1v) is 7.11. The summed E-state index contributed by atoms with van der Waals surface area (Å²) in [6.07, 6.45) is -1.93. The van der Waals surface area contributed by atoms with Gasteiger partial charge in [-0.2, -0.15) is 0 Å². The molecule has 0 spiro atoms. The Morgan fingerprint density at radius 3 is 2.52 bits per heavy atom. The average molecular weight is 296 g/mol. The van der Waals surface area contributed by atoms with Crippen LogP contribution in [0.2, 0.25) is 0 Å². The third kappa shape index (κ3) is 6.14. The molecule has 0 fully saturated rings. The van der Waals surface area contributed by atoms with E-state index < -0.39 is 12.3 Å². The molecular formula is C16H25FN2O2. The Balaban J connectivity index is 2.31. The number of nitrogens with one attached hydrogen (secondary N) is 1. The highest BCUT2D eigenvalue weighted by molar-refractivity contribution is 5.41. The molecule has 118 valence electrons. The lowest BCUT2D eigenvalue weighted by Gasteiger charge is -2.26. The van der Waals surface area contributed by atoms with Crippen molar-refractivity contribution in [2.45, 2.75) is 33.0 Å². The van der Waals surface area contributed by atoms with Crippen LogP contribution >= 0.6 is 0 Å². The molecule has 1 unspecified atom stereocenters. The summed E-state index contributed by atoms with van der Waals surface area (Å²) in [5.74, 6) is 0.0678. The summed E-state index contributed by atoms with van der Waals surface area (Å²) in [6.45, 7) is 9.21. The zero-order chi connectivity index (χ0) is 15.8. The fraction of sp³-hybridized carbons (Fsp3) is 0.500. The van der Waals surface area contributed by atoms with Crippen molar-refractivity contribution in [3.8, 4) is 0 Å². The molecular weight excluding hydrogens is 271 g/mol. The Bertz CT molecular complexity index is 426. The van der Waals surface area contributed by atoms with Crippen LogP contribution in [0.25, 0.3) is 0 Å². The number of benzene rings is 1. The van der Waals surface area contributed by atoms with Crippen LogP contribution < -0.4 is 5.32 Å². The molecule has 21 heavy (non-hydrogen) atoms. The molecule has 5 heteroatoms. The number of hydrogen-bond acceptors (Lipinski definition) is 4. The van der Waals surface area contributed by atoms with Crippen LogP contribution in [0.15, 0.2) is 42.6 Å². The first kappa shape index (κ1) is 17.5. The van der Waals surface area contributed by atoms with Gasteiger partial charge in [0, 0.05) is 11.4 Å². The Morgan fingerprint density at radius 1 is 1.33 bits per heavy atom. The first-order valence-electron chi connectivity index (χ1n) is 7.11. The smallest absolute Gasteiger partial charge is 0.146 e. The van der Waals surface area contributed by atoms with E-state index in [0.29, 0.717) is 5.70 Å². The Hall–Kier alpha value is -1.59. The van der Waals surface area contributed by atoms with E-state index in [-0.39, 0.29) is 19.2 Å². The second kappa shape index (κ2) is 8.64. The lowest BCUT2D eigenvalue weighted by molar-refractivity contribution is -0.0966. The van der Waals surface area contributed by atoms with Crippen molar-refractivity contribution in [1.29, 1.82) is 0 Å². The summed E-state index contributed by atoms with van der Waals surface area (Å²) >= 11 is 0. The Morgan fingerprint density at radius 2 is 1.95 bits per heavy atom. The Kier molecular flexibility index (Phi) is 7.19. The lowest BCUT2D eigenvalue weighted by Crippen LogP contribution is -2.36. The summed E-state index contributed by atoms with van der Waals surface area (Å²) in [4.78, 5) is 0. The largest absolute Gasteiger partial charge is 0.363 e. The molecule has 2 atom stereocenters. The van der Waals surface area contributed by atoms with Crippen LogP contribution in [0.1, 0.15) is 20.8 Å². The Labute approximate surface area is 126 Å². The highest BCUT2D eigenvalue weighted by Gasteiger charge is 2.21. The van der Waals surface area contributed by atoms with Gasteiger partial charge in [0.2, 0.25) is 0 Å². The number of ether oxygens (including phenoxy) is 1. The van der Waals surface area contributed by atoms with Gasteiger partial charge in [-0.3, -0.25) is 10.3 Å². The topological polar surface area (TPSA) is 44.7 Å². The minimum absolute atomic E-state index is 0.0678. The quantitative estimate of drug-likeness (QED) is 0.539. The number of nitrogens with zero attached hydrogens (tertiary/aromatic N) is 1. The van der Waals surface area contributed by atoms with E-state index in [1.54, 1.807) is 6.92 Å². The molecule has 0 saturated heterocycles. The van der Waals surface area contributed by atoms with E-state index in [1.165, 1.54) is 0 Å². The zero-order valence-electron chi connectivity index (χ0n) is 12.9. The predicted octanol–water partition coefficient (Wildman–Crippen LogP) is 3.66. The molecule has 0 aliphatic heterocycles. The van der Waals surface area contributed by atoms with Crippen molar-refractivity contribution in [3.05, 3.63) is 42.6 Å². The molecule has 2 N–H and O–H groups in total. The minimum Gasteiger partial charge on any atom is -0.363 e. The maximum atomic E-state index is 14.0. The van der Waals surface area contributed by atoms with E-state index in [2.05, 4.69) is 11.9 Å². The van der Waals surface area contributed by atoms with Crippen LogP contribution in [0, 0.1) is 5.92 Å². The number of halogens is 1. The normalized spacial score (nSPS) is 13.8. The molecule has 4 nitrogen and oxygen atoms in total. The van der Waals surface area contributed by atoms with Crippen molar-refractivity contribution >= 4 is 5.69 Å². The fourth-order valence-corrected chi connectivity index (χ4v) is 1.65. The lowest BCUT2D eigenvalue weighted by atomic mass is 10.1. The summed E-state index contributed by atoms with van der Waals surface area (Å²) in [6, 6.07) is 9.55. The van der Waals surface area contributed by atoms with Crippen LogP contribution in [-0.4, -0.2) is 35.8 Å². The van der Waals surface area contributed by atoms with Gasteiger partial charge in [-0.25, -0.2) is 4.39 Å². The van der Waals surface area contributed by atoms with E-state index in [1.807, 2.05) is 44.2 Å². The summed E-state index contributed by atoms with van der Waals surface area (Å²) in [7, 11) is 0. The number of para-hydroxylation sites is 1. The van der Waals surface area contributed by atoms with Crippen molar-refractivity contribution < 1.29 is 14.3 Å². The monoisotopic (exact) mass is 296 g/mol. The van der Waals surface area contributed by atoms with Crippen molar-refractivity contribution in [3.63, 3.8) is 0 Å². The molecule has 0 aromatic heterocycles. The second-order valence-electron chi connectivity index (χ2n) is 5.30. The van der Waals surface area contributed by atoms with Gasteiger partial charge in [0.05, 0.1) is 12.6 Å². The molecule has 0 bridgehead atoms. The molecule has 0 radical (unpaired) electrons. The molecule has 1 aromatic rings. The molecule has 0 saturated carbocycles. The number of hydroxylamine groups is 2. The highest BCUT2D eigenvalue weighted by atomic mass is 19.1. The van der Waals surface area contributed by atoms with Crippen LogP contribution in [-0.2, 0) is 4.74 Å². The summed E-state index contributed by atoms with van der Waals surface area (Å²) in [5.41, 5.74) is 1.41. The summed E-state index contributed by atoms with van der Waals surface area (Å²) in [5, 5.41) is 13.6. The van der Waals surface area contributed by atoms with Crippen molar-refractivity contribution in [1.82, 2.24) is 5.06 Å². The van der Waals surface area contributed by atoms with Crippen molar-refractivity contribution in [2.24, 2.45) is 5.92 Å². The van der Waals surface area contributed by atoms with Gasteiger partial charge in [0.25, 0.3) is 0 Å². The zero-order valence-corrected chi connectivity index (χ0v) is 12.9. The predicted molar refractivity (Wildman–Crippen MR) is 82.8 cm³/mol. The van der Waals surface area contributed by atoms with E-state index >= 15 is 0 Å². The van der Waals surface area contributed by atoms with Gasteiger partial charge in [-0.1, -0.05) is 38.6 Å². The molecule has 1 aromatic carbocycles. The first-order chi connectivity index (χ1) is 9.91. The molecule has 1 rings (SSSR count). The minimum atomic E-state index is -1.30. The number of alkyl halides is 1. The molecule has 0 amide bonds. The molecule has 0 heterocycles. The average Bonchev–Trinajstić information content (AvgIpc) is 2.47. The van der Waals surface area contributed by atoms with Gasteiger partial charge < -0.3 is 10.1 Å². The maximum Gasteiger partial charge on any atom is 0.146 e. The third-order valence-corrected chi connectivity index (χ3v) is 3.25. The fourth-order valence-electron chi connectivity index (χ4n) is 1.65. The molecule has 0 aliphatic carbocycles. The number of hydrogen-bond donors (Lipinski definition) is 2. The maximum absolute atomic E-state index is 14.0. The van der Waals surface area contributed by atoms with Crippen LogP contribution in [0.5, 0.6) is 0 Å². The van der Waals surface area contributed by atoms with Crippen LogP contribution in [0.3, 0.4) is 0 Å². The second-order valence-corrected chi connectivity index (χ2v) is 5.30. The number of rotatable bonds is 9. The number of anilines is 1. The van der Waals surface area contributed by atoms with Crippen LogP contribution in [0.4, 0.5) is 10.1 Å². The van der Waals surface area contributed by atoms with E-state index in [4.69, 9.17) is 4.74 Å². The van der Waals surface area contributed by atoms with Gasteiger partial charge >= 0.3 is 0 Å². The van der Waals surface area contributed by atoms with Gasteiger partial charge in [0.1, 0.15) is 12.9 Å². The SMILES string of the molecule is C=C(C(C)C)N(O)CC(F)[C@@H](C)OCNc1ccccc1. The standard InChI is InChI=1S/C16H25FN2O2/c1-12(2)13(3)19(20)10-16(17)14(4)21-11-18-15-8-6-5-7-9-15/h5-9,12,14,16,18,20H,3,10-11H2,1-2,4H3/t14-,16?/m1/s1. The van der Waals surface area contributed by atoms with E-state index in [0.717, 1.165) is 10.8 Å². The summed E-state index contributed by atoms with van der Waals surface area (Å²) < 4.78 is 19.4. The van der Waals surface area contributed by atoms with Gasteiger partial charge in [0.15, 0.2) is 0 Å². The van der Waals surface area contributed by atoms with Crippen molar-refractivity contribution in [2.75, 3.05) is 18.6 Å². The third-order valence-electron chi connectivity index (χ3n) is 3.25. The number of allylic oxidation sites excluding steroid dienone is 1. The van der Waals surface area contributed by atoms with Gasteiger partial charge in [-0.05, 0) is 25.0 Å². The van der Waals surface area contributed by atoms with Gasteiger partial charge in [-0.15, -0.1) is 0 Å². The van der Waals surface area contributed by atoms with E-state index in [9.17, 15) is 9.60 Å². The molecule has 0 aliphatic rings. The highest BCUT2D eigenvalue weighted by Crippen LogP contribution is 2.14.